The molecule has 0 saturated carbocycles. The van der Waals surface area contributed by atoms with Crippen molar-refractivity contribution in [3.8, 4) is 84.2 Å². The summed E-state index contributed by atoms with van der Waals surface area (Å²) in [6, 6.07) is 64.5. The second-order valence-corrected chi connectivity index (χ2v) is 18.7. The van der Waals surface area contributed by atoms with Gasteiger partial charge in [-0.3, -0.25) is 19.3 Å². The first-order valence-corrected chi connectivity index (χ1v) is 24.0. The van der Waals surface area contributed by atoms with Crippen LogP contribution < -0.4 is 0 Å². The number of para-hydroxylation sites is 1. The molecule has 0 aliphatic carbocycles. The number of pyridine rings is 3. The molecule has 0 bridgehead atoms. The number of fused-ring (bicyclic) bond motifs is 3. The van der Waals surface area contributed by atoms with Crippen molar-refractivity contribution in [2.45, 2.75) is 53.4 Å². The second kappa shape index (κ2) is 21.3. The first-order valence-electron chi connectivity index (χ1n) is 24.0. The topological polar surface area (TPSA) is 72.0 Å². The SMILES string of the molecule is CC(C)c1cc(-c2ccccc2)cc(C(C)C)c1-c1cc(-c2[c-]cc(F)cc2)nc(-c2ccccc2O)c1.Cc1ccnc(-c2[c-]c(-c3cc(C)ccn3)c3oc4cc(-c5ccccc5)ccc4c3c2)c1.[Ir]. The minimum atomic E-state index is -0.341. The van der Waals surface area contributed by atoms with Crippen LogP contribution in [0.4, 0.5) is 4.39 Å². The number of aryl methyl sites for hydroxylation is 2. The summed E-state index contributed by atoms with van der Waals surface area (Å²) in [5, 5.41) is 12.8. The van der Waals surface area contributed by atoms with E-state index in [1.165, 1.54) is 39.9 Å². The molecule has 0 spiro atoms. The summed E-state index contributed by atoms with van der Waals surface area (Å²) in [6.07, 6.45) is 3.67. The maximum absolute atomic E-state index is 13.7. The predicted molar refractivity (Wildman–Crippen MR) is 289 cm³/mol. The number of hydrogen-bond acceptors (Lipinski definition) is 5. The van der Waals surface area contributed by atoms with Gasteiger partial charge in [-0.25, -0.2) is 0 Å². The van der Waals surface area contributed by atoms with Crippen molar-refractivity contribution in [2.24, 2.45) is 0 Å². The maximum atomic E-state index is 13.7. The van der Waals surface area contributed by atoms with Crippen LogP contribution >= 0.6 is 0 Å². The van der Waals surface area contributed by atoms with Gasteiger partial charge in [-0.1, -0.05) is 165 Å². The van der Waals surface area contributed by atoms with Crippen molar-refractivity contribution in [1.82, 2.24) is 15.0 Å². The Morgan fingerprint density at radius 2 is 1.14 bits per heavy atom. The van der Waals surface area contributed by atoms with E-state index >= 15 is 0 Å². The van der Waals surface area contributed by atoms with Gasteiger partial charge in [-0.05, 0) is 118 Å². The van der Waals surface area contributed by atoms with E-state index in [0.717, 1.165) is 72.3 Å². The number of aromatic nitrogens is 3. The number of phenolic OH excluding ortho intramolecular Hbond substituents is 1. The molecule has 0 amide bonds. The van der Waals surface area contributed by atoms with Gasteiger partial charge in [-0.15, -0.1) is 42.0 Å². The van der Waals surface area contributed by atoms with E-state index in [-0.39, 0.29) is 43.5 Å². The molecule has 0 aliphatic rings. The van der Waals surface area contributed by atoms with Gasteiger partial charge in [0.1, 0.15) is 11.3 Å². The zero-order valence-electron chi connectivity index (χ0n) is 41.0. The summed E-state index contributed by atoms with van der Waals surface area (Å²) in [4.78, 5) is 14.1. The van der Waals surface area contributed by atoms with Crippen LogP contribution in [0.5, 0.6) is 5.75 Å². The molecule has 11 rings (SSSR count). The molecule has 0 fully saturated rings. The first kappa shape index (κ1) is 49.2. The van der Waals surface area contributed by atoms with Crippen molar-refractivity contribution in [3.05, 3.63) is 229 Å². The molecule has 0 saturated heterocycles. The van der Waals surface area contributed by atoms with Crippen LogP contribution in [0.1, 0.15) is 61.8 Å². The molecule has 11 aromatic rings. The van der Waals surface area contributed by atoms with Gasteiger partial charge >= 0.3 is 0 Å². The van der Waals surface area contributed by atoms with E-state index in [1.54, 1.807) is 18.2 Å². The third-order valence-electron chi connectivity index (χ3n) is 12.9. The Hall–Kier alpha value is -7.83. The average molecular weight is 1120 g/mol. The van der Waals surface area contributed by atoms with Crippen LogP contribution in [0.25, 0.3) is 100 Å². The number of nitrogens with zero attached hydrogens (tertiary/aromatic N) is 3. The Morgan fingerprint density at radius 3 is 1.76 bits per heavy atom. The molecule has 7 aromatic carbocycles. The molecule has 0 atom stereocenters. The van der Waals surface area contributed by atoms with Gasteiger partial charge in [0.15, 0.2) is 0 Å². The Balaban J connectivity index is 0.000000177. The zero-order chi connectivity index (χ0) is 49.2. The molecule has 357 valence electrons. The van der Waals surface area contributed by atoms with Gasteiger partial charge < -0.3 is 9.52 Å². The number of furan rings is 1. The standard InChI is InChI=1S/C35H31FNO.C30H21N2O.Ir/c1-22(2)30-18-26(24-10-6-5-7-11-24)19-31(23(3)4)35(30)27-20-32(25-14-16-28(36)17-15-25)37-33(21-27)29-12-8-9-13-34(29)38;1-19-10-12-31-27(14-19)23-16-25-24-9-8-22(21-6-4-3-5-7-21)18-29(24)33-30(25)26(17-23)28-15-20(2)11-13-32-28;/h5-14,16-23,38H,1-4H3;3-16,18H,1-2H3;/q2*-1;. The van der Waals surface area contributed by atoms with Gasteiger partial charge in [0, 0.05) is 60.7 Å². The van der Waals surface area contributed by atoms with Crippen LogP contribution in [-0.4, -0.2) is 20.1 Å². The van der Waals surface area contributed by atoms with E-state index in [2.05, 4.69) is 173 Å². The third-order valence-corrected chi connectivity index (χ3v) is 12.9. The molecule has 7 heteroatoms. The Labute approximate surface area is 434 Å². The molecule has 1 radical (unpaired) electrons. The van der Waals surface area contributed by atoms with E-state index in [4.69, 9.17) is 9.40 Å². The predicted octanol–water partition coefficient (Wildman–Crippen LogP) is 17.4. The Bertz CT molecular complexity index is 3670. The Kier molecular flexibility index (Phi) is 14.5. The molecule has 4 aromatic heterocycles. The molecule has 5 nitrogen and oxygen atoms in total. The average Bonchev–Trinajstić information content (AvgIpc) is 3.77. The number of aromatic hydroxyl groups is 1. The summed E-state index contributed by atoms with van der Waals surface area (Å²) in [6.45, 7) is 13.0. The van der Waals surface area contributed by atoms with Crippen LogP contribution in [0.3, 0.4) is 0 Å². The van der Waals surface area contributed by atoms with Crippen LogP contribution in [0, 0.1) is 31.8 Å². The Morgan fingerprint density at radius 1 is 0.528 bits per heavy atom. The number of halogens is 1. The van der Waals surface area contributed by atoms with Crippen LogP contribution in [-0.2, 0) is 20.1 Å². The summed E-state index contributed by atoms with van der Waals surface area (Å²) in [5.74, 6) is 0.368. The number of hydrogen-bond donors (Lipinski definition) is 1. The maximum Gasteiger partial charge on any atom is 0.124 e. The number of phenols is 1. The van der Waals surface area contributed by atoms with Crippen molar-refractivity contribution in [2.75, 3.05) is 0 Å². The minimum Gasteiger partial charge on any atom is -0.507 e. The molecular weight excluding hydrogens is 1070 g/mol. The zero-order valence-corrected chi connectivity index (χ0v) is 43.4. The van der Waals surface area contributed by atoms with E-state index < -0.39 is 0 Å². The monoisotopic (exact) mass is 1120 g/mol. The first-order chi connectivity index (χ1) is 34.5. The normalized spacial score (nSPS) is 11.2. The van der Waals surface area contributed by atoms with Crippen molar-refractivity contribution in [1.29, 1.82) is 0 Å². The van der Waals surface area contributed by atoms with Crippen molar-refractivity contribution >= 4 is 21.9 Å². The smallest absolute Gasteiger partial charge is 0.124 e. The van der Waals surface area contributed by atoms with Gasteiger partial charge in [0.2, 0.25) is 0 Å². The quantitative estimate of drug-likeness (QED) is 0.146. The number of benzene rings is 7. The number of rotatable bonds is 9. The molecule has 1 N–H and O–H groups in total. The molecule has 72 heavy (non-hydrogen) atoms. The summed E-state index contributed by atoms with van der Waals surface area (Å²) in [7, 11) is 0. The van der Waals surface area contributed by atoms with E-state index in [0.29, 0.717) is 22.5 Å². The fraction of sp³-hybridized carbons (Fsp3) is 0.123. The fourth-order valence-electron chi connectivity index (χ4n) is 9.24. The molecular formula is C65H52FIrN3O2-2. The molecule has 4 heterocycles. The van der Waals surface area contributed by atoms with Crippen molar-refractivity contribution < 1.29 is 34.0 Å². The largest absolute Gasteiger partial charge is 0.507 e. The third kappa shape index (κ3) is 10.3. The second-order valence-electron chi connectivity index (χ2n) is 18.7. The van der Waals surface area contributed by atoms with Gasteiger partial charge in [0.05, 0.1) is 11.3 Å². The molecule has 0 unspecified atom stereocenters. The van der Waals surface area contributed by atoms with Crippen molar-refractivity contribution in [3.63, 3.8) is 0 Å². The van der Waals surface area contributed by atoms with E-state index in [1.807, 2.05) is 48.8 Å². The minimum absolute atomic E-state index is 0. The van der Waals surface area contributed by atoms with Gasteiger partial charge in [-0.2, -0.15) is 0 Å². The summed E-state index contributed by atoms with van der Waals surface area (Å²) < 4.78 is 20.2. The summed E-state index contributed by atoms with van der Waals surface area (Å²) >= 11 is 0. The van der Waals surface area contributed by atoms with Gasteiger partial charge in [0.25, 0.3) is 0 Å². The van der Waals surface area contributed by atoms with Crippen LogP contribution in [0.15, 0.2) is 193 Å². The van der Waals surface area contributed by atoms with Crippen LogP contribution in [0.2, 0.25) is 0 Å². The summed E-state index contributed by atoms with van der Waals surface area (Å²) in [5.41, 5.74) is 19.5. The fourth-order valence-corrected chi connectivity index (χ4v) is 9.24. The van der Waals surface area contributed by atoms with E-state index in [9.17, 15) is 9.50 Å². The molecule has 0 aliphatic heterocycles.